The minimum atomic E-state index is -0.646. The number of anilines is 1. The molecule has 3 N–H and O–H groups in total. The van der Waals surface area contributed by atoms with Crippen LogP contribution in [0.2, 0.25) is 10.0 Å². The molecular formula is C12H12Cl2N2O3. The third-order valence-electron chi connectivity index (χ3n) is 2.79. The summed E-state index contributed by atoms with van der Waals surface area (Å²) in [7, 11) is 0. The van der Waals surface area contributed by atoms with Crippen molar-refractivity contribution in [3.8, 4) is 0 Å². The molecular weight excluding hydrogens is 291 g/mol. The van der Waals surface area contributed by atoms with Gasteiger partial charge in [0.1, 0.15) is 6.10 Å². The SMILES string of the molecule is NC(=O)c1c(Cl)cc(Cl)cc1NCC1CCC(=O)O1. The van der Waals surface area contributed by atoms with Crippen molar-refractivity contribution in [2.24, 2.45) is 5.73 Å². The van der Waals surface area contributed by atoms with Crippen molar-refractivity contribution < 1.29 is 14.3 Å². The maximum absolute atomic E-state index is 11.4. The molecule has 0 bridgehead atoms. The number of nitrogens with two attached hydrogens (primary N) is 1. The molecule has 1 aromatic rings. The Hall–Kier alpha value is -1.46. The molecule has 1 aliphatic heterocycles. The summed E-state index contributed by atoms with van der Waals surface area (Å²) in [6.45, 7) is 0.378. The largest absolute Gasteiger partial charge is 0.460 e. The molecule has 0 saturated carbocycles. The summed E-state index contributed by atoms with van der Waals surface area (Å²) >= 11 is 11.8. The van der Waals surface area contributed by atoms with Gasteiger partial charge in [0.05, 0.1) is 22.8 Å². The monoisotopic (exact) mass is 302 g/mol. The highest BCUT2D eigenvalue weighted by molar-refractivity contribution is 6.37. The van der Waals surface area contributed by atoms with Gasteiger partial charge in [0.2, 0.25) is 0 Å². The van der Waals surface area contributed by atoms with E-state index in [0.717, 1.165) is 0 Å². The minimum Gasteiger partial charge on any atom is -0.460 e. The van der Waals surface area contributed by atoms with E-state index < -0.39 is 5.91 Å². The van der Waals surface area contributed by atoms with Crippen molar-refractivity contribution in [1.82, 2.24) is 0 Å². The molecule has 0 aromatic heterocycles. The lowest BCUT2D eigenvalue weighted by atomic mass is 10.1. The number of amides is 1. The van der Waals surface area contributed by atoms with Crippen molar-refractivity contribution in [3.63, 3.8) is 0 Å². The lowest BCUT2D eigenvalue weighted by Gasteiger charge is -2.15. The number of primary amides is 1. The van der Waals surface area contributed by atoms with Gasteiger partial charge in [0, 0.05) is 11.4 Å². The van der Waals surface area contributed by atoms with E-state index in [4.69, 9.17) is 33.7 Å². The zero-order valence-corrected chi connectivity index (χ0v) is 11.4. The highest BCUT2D eigenvalue weighted by Crippen LogP contribution is 2.29. The van der Waals surface area contributed by atoms with E-state index in [2.05, 4.69) is 5.32 Å². The molecule has 0 radical (unpaired) electrons. The van der Waals surface area contributed by atoms with Gasteiger partial charge in [0.25, 0.3) is 5.91 Å². The molecule has 102 valence electrons. The van der Waals surface area contributed by atoms with Crippen LogP contribution in [-0.4, -0.2) is 24.5 Å². The fourth-order valence-electron chi connectivity index (χ4n) is 1.91. The van der Waals surface area contributed by atoms with Crippen LogP contribution in [0.3, 0.4) is 0 Å². The molecule has 1 heterocycles. The van der Waals surface area contributed by atoms with Crippen molar-refractivity contribution >= 4 is 40.8 Å². The van der Waals surface area contributed by atoms with Crippen LogP contribution in [0.4, 0.5) is 5.69 Å². The average Bonchev–Trinajstić information content (AvgIpc) is 2.71. The Morgan fingerprint density at radius 1 is 1.47 bits per heavy atom. The Bertz CT molecular complexity index is 534. The quantitative estimate of drug-likeness (QED) is 0.836. The molecule has 1 atom stereocenters. The Morgan fingerprint density at radius 2 is 2.21 bits per heavy atom. The molecule has 1 aromatic carbocycles. The maximum atomic E-state index is 11.4. The second-order valence-electron chi connectivity index (χ2n) is 4.21. The first-order valence-electron chi connectivity index (χ1n) is 5.69. The molecule has 1 amide bonds. The van der Waals surface area contributed by atoms with E-state index >= 15 is 0 Å². The van der Waals surface area contributed by atoms with Crippen molar-refractivity contribution in [1.29, 1.82) is 0 Å². The van der Waals surface area contributed by atoms with Crippen molar-refractivity contribution in [3.05, 3.63) is 27.7 Å². The summed E-state index contributed by atoms with van der Waals surface area (Å²) in [6, 6.07) is 3.01. The Morgan fingerprint density at radius 3 is 2.79 bits per heavy atom. The number of hydrogen-bond donors (Lipinski definition) is 2. The van der Waals surface area contributed by atoms with E-state index in [-0.39, 0.29) is 22.7 Å². The predicted octanol–water partition coefficient (Wildman–Crippen LogP) is 2.21. The van der Waals surface area contributed by atoms with E-state index in [1.165, 1.54) is 6.07 Å². The van der Waals surface area contributed by atoms with Crippen LogP contribution < -0.4 is 11.1 Å². The first-order valence-corrected chi connectivity index (χ1v) is 6.45. The van der Waals surface area contributed by atoms with Crippen molar-refractivity contribution in [2.75, 3.05) is 11.9 Å². The molecule has 0 aliphatic carbocycles. The normalized spacial score (nSPS) is 18.2. The van der Waals surface area contributed by atoms with Gasteiger partial charge in [-0.05, 0) is 18.6 Å². The zero-order valence-electron chi connectivity index (χ0n) is 9.91. The van der Waals surface area contributed by atoms with Gasteiger partial charge in [0.15, 0.2) is 0 Å². The maximum Gasteiger partial charge on any atom is 0.306 e. The topological polar surface area (TPSA) is 81.4 Å². The van der Waals surface area contributed by atoms with Crippen LogP contribution in [0.1, 0.15) is 23.2 Å². The molecule has 1 unspecified atom stereocenters. The van der Waals surface area contributed by atoms with Crippen LogP contribution in [0.15, 0.2) is 12.1 Å². The number of hydrogen-bond acceptors (Lipinski definition) is 4. The van der Waals surface area contributed by atoms with Crippen LogP contribution in [-0.2, 0) is 9.53 Å². The van der Waals surface area contributed by atoms with Crippen LogP contribution in [0.25, 0.3) is 0 Å². The second-order valence-corrected chi connectivity index (χ2v) is 5.05. The van der Waals surface area contributed by atoms with Crippen molar-refractivity contribution in [2.45, 2.75) is 18.9 Å². The van der Waals surface area contributed by atoms with Gasteiger partial charge in [-0.2, -0.15) is 0 Å². The molecule has 19 heavy (non-hydrogen) atoms. The molecule has 0 spiro atoms. The Kier molecular flexibility index (Phi) is 4.17. The summed E-state index contributed by atoms with van der Waals surface area (Å²) in [5, 5.41) is 3.57. The lowest BCUT2D eigenvalue weighted by molar-refractivity contribution is -0.140. The fraction of sp³-hybridized carbons (Fsp3) is 0.333. The highest BCUT2D eigenvalue weighted by atomic mass is 35.5. The minimum absolute atomic E-state index is 0.176. The van der Waals surface area contributed by atoms with Gasteiger partial charge in [-0.1, -0.05) is 23.2 Å². The molecule has 1 saturated heterocycles. The van der Waals surface area contributed by atoms with Crippen LogP contribution in [0, 0.1) is 0 Å². The summed E-state index contributed by atoms with van der Waals surface area (Å²) in [4.78, 5) is 22.4. The zero-order chi connectivity index (χ0) is 14.0. The van der Waals surface area contributed by atoms with Gasteiger partial charge < -0.3 is 15.8 Å². The third-order valence-corrected chi connectivity index (χ3v) is 3.31. The third kappa shape index (κ3) is 3.30. The number of esters is 1. The standard InChI is InChI=1S/C12H12Cl2N2O3/c13-6-3-8(14)11(12(15)18)9(4-6)16-5-7-1-2-10(17)19-7/h3-4,7,16H,1-2,5H2,(H2,15,18). The highest BCUT2D eigenvalue weighted by Gasteiger charge is 2.23. The lowest BCUT2D eigenvalue weighted by Crippen LogP contribution is -2.22. The number of halogens is 2. The van der Waals surface area contributed by atoms with Gasteiger partial charge in [-0.15, -0.1) is 0 Å². The molecule has 7 heteroatoms. The van der Waals surface area contributed by atoms with Crippen LogP contribution in [0.5, 0.6) is 0 Å². The average molecular weight is 303 g/mol. The molecule has 2 rings (SSSR count). The molecule has 1 aliphatic rings. The number of benzene rings is 1. The van der Waals surface area contributed by atoms with Gasteiger partial charge in [-0.25, -0.2) is 0 Å². The van der Waals surface area contributed by atoms with E-state index in [0.29, 0.717) is 30.1 Å². The van der Waals surface area contributed by atoms with Gasteiger partial charge in [-0.3, -0.25) is 9.59 Å². The Labute approximate surface area is 120 Å². The summed E-state index contributed by atoms with van der Waals surface area (Å²) in [6.07, 6.45) is 0.836. The number of rotatable bonds is 4. The molecule has 5 nitrogen and oxygen atoms in total. The number of carbonyl (C=O) groups excluding carboxylic acids is 2. The first-order chi connectivity index (χ1) is 8.97. The second kappa shape index (κ2) is 5.67. The number of ether oxygens (including phenoxy) is 1. The first kappa shape index (κ1) is 14.0. The number of carbonyl (C=O) groups is 2. The molecule has 1 fully saturated rings. The van der Waals surface area contributed by atoms with Gasteiger partial charge >= 0.3 is 5.97 Å². The smallest absolute Gasteiger partial charge is 0.306 e. The number of cyclic esters (lactones) is 1. The number of nitrogens with one attached hydrogen (secondary N) is 1. The van der Waals surface area contributed by atoms with E-state index in [9.17, 15) is 9.59 Å². The summed E-state index contributed by atoms with van der Waals surface area (Å²) in [5.41, 5.74) is 5.89. The fourth-order valence-corrected chi connectivity index (χ4v) is 2.50. The summed E-state index contributed by atoms with van der Waals surface area (Å²) < 4.78 is 5.06. The van der Waals surface area contributed by atoms with Crippen LogP contribution >= 0.6 is 23.2 Å². The summed E-state index contributed by atoms with van der Waals surface area (Å²) in [5.74, 6) is -0.862. The van der Waals surface area contributed by atoms with E-state index in [1.807, 2.05) is 0 Å². The van der Waals surface area contributed by atoms with E-state index in [1.54, 1.807) is 6.07 Å². The predicted molar refractivity (Wildman–Crippen MR) is 72.6 cm³/mol. The Balaban J connectivity index is 2.15.